The van der Waals surface area contributed by atoms with Gasteiger partial charge in [-0.05, 0) is 12.3 Å². The molecule has 0 aromatic heterocycles. The van der Waals surface area contributed by atoms with Crippen molar-refractivity contribution < 1.29 is 0 Å². The molecule has 0 atom stereocenters. The van der Waals surface area contributed by atoms with Crippen LogP contribution in [0.1, 0.15) is 0 Å². The number of hydrogen-bond acceptors (Lipinski definition) is 2. The molecule has 0 unspecified atom stereocenters. The summed E-state index contributed by atoms with van der Waals surface area (Å²) < 4.78 is 0. The fourth-order valence-corrected chi connectivity index (χ4v) is 0.227. The Morgan fingerprint density at radius 1 is 1.86 bits per heavy atom. The molecule has 2 N–H and O–H groups in total. The Balaban J connectivity index is 3.58. The van der Waals surface area contributed by atoms with E-state index in [2.05, 4.69) is 4.99 Å². The molecule has 0 rings (SSSR count). The molecule has 0 aromatic rings. The quantitative estimate of drug-likeness (QED) is 0.507. The first kappa shape index (κ1) is 6.50. The third kappa shape index (κ3) is 3.33. The first-order valence-electron chi connectivity index (χ1n) is 1.82. The summed E-state index contributed by atoms with van der Waals surface area (Å²) in [5.41, 5.74) is 4.96. The molecule has 0 fully saturated rings. The summed E-state index contributed by atoms with van der Waals surface area (Å²) in [7, 11) is 1.60. The summed E-state index contributed by atoms with van der Waals surface area (Å²) in [6.45, 7) is 0. The van der Waals surface area contributed by atoms with Gasteiger partial charge in [0.15, 0.2) is 0 Å². The van der Waals surface area contributed by atoms with Crippen molar-refractivity contribution >= 4 is 16.8 Å². The van der Waals surface area contributed by atoms with Crippen molar-refractivity contribution in [3.05, 3.63) is 12.3 Å². The Morgan fingerprint density at radius 3 is 2.57 bits per heavy atom. The molecule has 7 heavy (non-hydrogen) atoms. The van der Waals surface area contributed by atoms with E-state index in [9.17, 15) is 0 Å². The number of nitrogens with two attached hydrogens (primary N) is 1. The zero-order chi connectivity index (χ0) is 5.70. The monoisotopic (exact) mass is 118 g/mol. The second-order valence-electron chi connectivity index (χ2n) is 0.905. The van der Waals surface area contributed by atoms with Crippen molar-refractivity contribution in [2.75, 3.05) is 7.05 Å². The Hall–Kier alpha value is -0.500. The average Bonchev–Trinajstić information content (AvgIpc) is 1.68. The minimum absolute atomic E-state index is 0.419. The van der Waals surface area contributed by atoms with Gasteiger partial charge in [0, 0.05) is 7.05 Å². The van der Waals surface area contributed by atoms with E-state index in [4.69, 9.17) is 17.3 Å². The van der Waals surface area contributed by atoms with Crippen molar-refractivity contribution in [1.29, 1.82) is 0 Å². The molecule has 0 aromatic carbocycles. The lowest BCUT2D eigenvalue weighted by atomic mass is 10.7. The van der Waals surface area contributed by atoms with Crippen molar-refractivity contribution in [2.45, 2.75) is 0 Å². The fraction of sp³-hybridized carbons (Fsp3) is 0.250. The van der Waals surface area contributed by atoms with Crippen LogP contribution in [0.25, 0.3) is 0 Å². The van der Waals surface area contributed by atoms with E-state index >= 15 is 0 Å². The number of halogens is 1. The van der Waals surface area contributed by atoms with Crippen LogP contribution in [-0.2, 0) is 0 Å². The maximum atomic E-state index is 5.35. The number of allylic oxidation sites excluding steroid dienone is 1. The van der Waals surface area contributed by atoms with Gasteiger partial charge in [-0.15, -0.1) is 0 Å². The van der Waals surface area contributed by atoms with Gasteiger partial charge < -0.3 is 5.73 Å². The molecule has 0 saturated carbocycles. The van der Waals surface area contributed by atoms with Gasteiger partial charge in [-0.2, -0.15) is 0 Å². The number of rotatable bonds is 1. The van der Waals surface area contributed by atoms with Crippen molar-refractivity contribution in [1.82, 2.24) is 0 Å². The molecule has 0 aliphatic carbocycles. The molecule has 0 amide bonds. The maximum absolute atomic E-state index is 5.35. The summed E-state index contributed by atoms with van der Waals surface area (Å²) in [5.74, 6) is 0. The Morgan fingerprint density at radius 2 is 2.43 bits per heavy atom. The van der Waals surface area contributed by atoms with E-state index in [1.54, 1.807) is 7.05 Å². The van der Waals surface area contributed by atoms with Crippen molar-refractivity contribution in [2.24, 2.45) is 10.7 Å². The largest absolute Gasteiger partial charge is 0.405 e. The first-order chi connectivity index (χ1) is 3.31. The van der Waals surface area contributed by atoms with Crippen LogP contribution in [0.5, 0.6) is 0 Å². The molecule has 3 heteroatoms. The molecule has 0 heterocycles. The highest BCUT2D eigenvalue weighted by Gasteiger charge is 1.75. The first-order valence-corrected chi connectivity index (χ1v) is 2.19. The molecule has 0 aliphatic heterocycles. The van der Waals surface area contributed by atoms with Crippen molar-refractivity contribution in [3.63, 3.8) is 0 Å². The van der Waals surface area contributed by atoms with Crippen LogP contribution in [0.4, 0.5) is 0 Å². The number of hydrogen-bond donors (Lipinski definition) is 1. The summed E-state index contributed by atoms with van der Waals surface area (Å²) in [6, 6.07) is 0. The van der Waals surface area contributed by atoms with Gasteiger partial charge >= 0.3 is 0 Å². The van der Waals surface area contributed by atoms with Gasteiger partial charge in [0.1, 0.15) is 5.17 Å². The Bertz CT molecular complexity index is 95.9. The molecular formula is C4H7ClN2. The lowest BCUT2D eigenvalue weighted by molar-refractivity contribution is 1.46. The second-order valence-corrected chi connectivity index (χ2v) is 1.29. The molecular weight excluding hydrogens is 112 g/mol. The number of nitrogens with zero attached hydrogens (tertiary/aromatic N) is 1. The topological polar surface area (TPSA) is 38.4 Å². The zero-order valence-corrected chi connectivity index (χ0v) is 4.81. The Kier molecular flexibility index (Phi) is 3.42. The van der Waals surface area contributed by atoms with E-state index in [0.717, 1.165) is 0 Å². The summed E-state index contributed by atoms with van der Waals surface area (Å²) in [5, 5.41) is 0.419. The second kappa shape index (κ2) is 3.68. The van der Waals surface area contributed by atoms with Crippen LogP contribution in [0.2, 0.25) is 0 Å². The summed E-state index contributed by atoms with van der Waals surface area (Å²) in [4.78, 5) is 3.59. The van der Waals surface area contributed by atoms with Gasteiger partial charge in [0.25, 0.3) is 0 Å². The maximum Gasteiger partial charge on any atom is 0.124 e. The fourth-order valence-electron chi connectivity index (χ4n) is 0.154. The van der Waals surface area contributed by atoms with E-state index in [0.29, 0.717) is 5.17 Å². The lowest BCUT2D eigenvalue weighted by Crippen LogP contribution is -1.82. The van der Waals surface area contributed by atoms with Gasteiger partial charge in [-0.1, -0.05) is 11.6 Å². The van der Waals surface area contributed by atoms with Gasteiger partial charge in [0.05, 0.1) is 0 Å². The van der Waals surface area contributed by atoms with E-state index in [1.165, 1.54) is 12.3 Å². The van der Waals surface area contributed by atoms with Gasteiger partial charge in [-0.3, -0.25) is 4.99 Å². The van der Waals surface area contributed by atoms with Crippen LogP contribution in [0.15, 0.2) is 17.3 Å². The molecule has 0 bridgehead atoms. The van der Waals surface area contributed by atoms with E-state index < -0.39 is 0 Å². The third-order valence-electron chi connectivity index (χ3n) is 0.447. The smallest absolute Gasteiger partial charge is 0.124 e. The highest BCUT2D eigenvalue weighted by atomic mass is 35.5. The van der Waals surface area contributed by atoms with Crippen LogP contribution in [0, 0.1) is 0 Å². The molecule has 0 spiro atoms. The molecule has 40 valence electrons. The summed E-state index contributed by atoms with van der Waals surface area (Å²) in [6.07, 6.45) is 2.86. The SMILES string of the molecule is CN=C(Cl)/C=C\N. The van der Waals surface area contributed by atoms with Crippen LogP contribution < -0.4 is 5.73 Å². The van der Waals surface area contributed by atoms with Gasteiger partial charge in [-0.25, -0.2) is 0 Å². The van der Waals surface area contributed by atoms with E-state index in [-0.39, 0.29) is 0 Å². The zero-order valence-electron chi connectivity index (χ0n) is 4.06. The predicted molar refractivity (Wildman–Crippen MR) is 32.5 cm³/mol. The van der Waals surface area contributed by atoms with Crippen LogP contribution in [-0.4, -0.2) is 12.2 Å². The average molecular weight is 119 g/mol. The van der Waals surface area contributed by atoms with E-state index in [1.807, 2.05) is 0 Å². The van der Waals surface area contributed by atoms with Crippen molar-refractivity contribution in [3.8, 4) is 0 Å². The minimum atomic E-state index is 0.419. The molecule has 0 aliphatic rings. The minimum Gasteiger partial charge on any atom is -0.405 e. The highest BCUT2D eigenvalue weighted by molar-refractivity contribution is 6.68. The normalized spacial score (nSPS) is 13.1. The standard InChI is InChI=1S/C4H7ClN2/c1-7-4(5)2-3-6/h2-3H,6H2,1H3/b3-2-,7-4?. The number of aliphatic imine (C=N–C) groups is 1. The highest BCUT2D eigenvalue weighted by Crippen LogP contribution is 1.82. The van der Waals surface area contributed by atoms with Crippen LogP contribution >= 0.6 is 11.6 Å². The van der Waals surface area contributed by atoms with Crippen LogP contribution in [0.3, 0.4) is 0 Å². The predicted octanol–water partition coefficient (Wildman–Crippen LogP) is 0.726. The third-order valence-corrected chi connectivity index (χ3v) is 0.742. The summed E-state index contributed by atoms with van der Waals surface area (Å²) >= 11 is 5.35. The molecule has 0 saturated heterocycles. The molecule has 2 nitrogen and oxygen atoms in total. The van der Waals surface area contributed by atoms with Gasteiger partial charge in [0.2, 0.25) is 0 Å². The Labute approximate surface area is 47.7 Å². The lowest BCUT2D eigenvalue weighted by Gasteiger charge is -1.77. The molecule has 0 radical (unpaired) electrons.